The average molecular weight is 357 g/mol. The van der Waals surface area contributed by atoms with Crippen molar-refractivity contribution in [1.29, 1.82) is 0 Å². The van der Waals surface area contributed by atoms with Crippen LogP contribution in [-0.2, 0) is 6.54 Å². The molecule has 0 aliphatic rings. The van der Waals surface area contributed by atoms with Crippen molar-refractivity contribution in [3.8, 4) is 11.3 Å². The van der Waals surface area contributed by atoms with E-state index in [1.165, 1.54) is 0 Å². The number of fused-ring (bicyclic) bond motifs is 1. The molecule has 27 heavy (non-hydrogen) atoms. The molecule has 2 aromatic heterocycles. The Labute approximate surface area is 156 Å². The van der Waals surface area contributed by atoms with Crippen molar-refractivity contribution in [2.75, 3.05) is 0 Å². The maximum Gasteiger partial charge on any atom is 0.219 e. The van der Waals surface area contributed by atoms with Gasteiger partial charge in [-0.2, -0.15) is 0 Å². The van der Waals surface area contributed by atoms with Crippen LogP contribution in [0.5, 0.6) is 0 Å². The lowest BCUT2D eigenvalue weighted by Gasteiger charge is -2.10. The van der Waals surface area contributed by atoms with Gasteiger partial charge in [-0.05, 0) is 19.4 Å². The third-order valence-electron chi connectivity index (χ3n) is 4.74. The van der Waals surface area contributed by atoms with Gasteiger partial charge in [0, 0.05) is 12.1 Å². The lowest BCUT2D eigenvalue weighted by molar-refractivity contribution is 0.103. The van der Waals surface area contributed by atoms with Crippen LogP contribution in [0.15, 0.2) is 65.5 Å². The first-order valence-electron chi connectivity index (χ1n) is 8.90. The number of carbonyl (C=O) groups excluding carboxylic acids is 1. The van der Waals surface area contributed by atoms with Gasteiger partial charge in [0.25, 0.3) is 0 Å². The van der Waals surface area contributed by atoms with E-state index in [9.17, 15) is 9.59 Å². The third-order valence-corrected chi connectivity index (χ3v) is 4.74. The summed E-state index contributed by atoms with van der Waals surface area (Å²) in [5, 5.41) is 0. The number of aryl methyl sites for hydroxylation is 2. The number of aromatic nitrogens is 3. The summed E-state index contributed by atoms with van der Waals surface area (Å²) in [6, 6.07) is 18.3. The molecule has 0 unspecified atom stereocenters. The van der Waals surface area contributed by atoms with E-state index < -0.39 is 0 Å². The first-order chi connectivity index (χ1) is 13.1. The SMILES string of the molecule is CCn1c(C)nc2[nH]c(-c3ccccc3)c(C(=O)c3ccccc3)c(=O)c21. The van der Waals surface area contributed by atoms with Crippen LogP contribution < -0.4 is 5.43 Å². The zero-order valence-electron chi connectivity index (χ0n) is 15.2. The van der Waals surface area contributed by atoms with Gasteiger partial charge in [0.15, 0.2) is 11.4 Å². The molecule has 5 heteroatoms. The topological polar surface area (TPSA) is 67.8 Å². The van der Waals surface area contributed by atoms with E-state index in [1.807, 2.05) is 54.8 Å². The zero-order chi connectivity index (χ0) is 19.0. The summed E-state index contributed by atoms with van der Waals surface area (Å²) >= 11 is 0. The Morgan fingerprint density at radius 3 is 2.30 bits per heavy atom. The van der Waals surface area contributed by atoms with Gasteiger partial charge in [-0.25, -0.2) is 4.98 Å². The quantitative estimate of drug-likeness (QED) is 0.562. The highest BCUT2D eigenvalue weighted by Crippen LogP contribution is 2.24. The van der Waals surface area contributed by atoms with Crippen molar-refractivity contribution in [3.63, 3.8) is 0 Å². The molecule has 0 bridgehead atoms. The Balaban J connectivity index is 2.09. The normalized spacial score (nSPS) is 11.0. The molecule has 0 spiro atoms. The summed E-state index contributed by atoms with van der Waals surface area (Å²) in [4.78, 5) is 34.4. The van der Waals surface area contributed by atoms with Gasteiger partial charge in [-0.1, -0.05) is 60.7 Å². The molecule has 2 aromatic carbocycles. The summed E-state index contributed by atoms with van der Waals surface area (Å²) in [6.45, 7) is 4.42. The molecule has 0 radical (unpaired) electrons. The number of rotatable bonds is 4. The van der Waals surface area contributed by atoms with Crippen LogP contribution in [0.3, 0.4) is 0 Å². The van der Waals surface area contributed by atoms with E-state index in [1.54, 1.807) is 24.3 Å². The fourth-order valence-corrected chi connectivity index (χ4v) is 3.45. The lowest BCUT2D eigenvalue weighted by atomic mass is 9.97. The zero-order valence-corrected chi connectivity index (χ0v) is 15.2. The number of carbonyl (C=O) groups is 1. The highest BCUT2D eigenvalue weighted by Gasteiger charge is 2.24. The van der Waals surface area contributed by atoms with E-state index in [2.05, 4.69) is 9.97 Å². The number of ketones is 1. The monoisotopic (exact) mass is 357 g/mol. The predicted molar refractivity (Wildman–Crippen MR) is 106 cm³/mol. The molecule has 4 rings (SSSR count). The van der Waals surface area contributed by atoms with Crippen LogP contribution in [0.1, 0.15) is 28.7 Å². The Bertz CT molecular complexity index is 1190. The number of nitrogens with one attached hydrogen (secondary N) is 1. The third kappa shape index (κ3) is 2.77. The molecule has 0 fully saturated rings. The first kappa shape index (κ1) is 17.0. The number of hydrogen-bond acceptors (Lipinski definition) is 3. The molecular formula is C22H19N3O2. The number of H-pyrrole nitrogens is 1. The molecule has 0 aliphatic carbocycles. The van der Waals surface area contributed by atoms with Crippen LogP contribution in [-0.4, -0.2) is 20.3 Å². The predicted octanol–water partition coefficient (Wildman–Crippen LogP) is 3.95. The standard InChI is InChI=1S/C22H19N3O2/c1-3-25-14(2)23-22-19(25)21(27)17(20(26)16-12-8-5-9-13-16)18(24-22)15-10-6-4-7-11-15/h4-13H,3H2,1-2H3,(H,24,27). The molecule has 0 amide bonds. The van der Waals surface area contributed by atoms with Crippen molar-refractivity contribution in [1.82, 2.24) is 14.5 Å². The number of nitrogens with zero attached hydrogens (tertiary/aromatic N) is 2. The fraction of sp³-hybridized carbons (Fsp3) is 0.136. The van der Waals surface area contributed by atoms with Crippen LogP contribution in [0.2, 0.25) is 0 Å². The van der Waals surface area contributed by atoms with Gasteiger partial charge >= 0.3 is 0 Å². The van der Waals surface area contributed by atoms with Crippen LogP contribution in [0.4, 0.5) is 0 Å². The second-order valence-electron chi connectivity index (χ2n) is 6.37. The van der Waals surface area contributed by atoms with Gasteiger partial charge < -0.3 is 9.55 Å². The summed E-state index contributed by atoms with van der Waals surface area (Å²) in [7, 11) is 0. The van der Waals surface area contributed by atoms with Crippen molar-refractivity contribution in [3.05, 3.63) is 87.8 Å². The van der Waals surface area contributed by atoms with Crippen LogP contribution in [0.25, 0.3) is 22.4 Å². The average Bonchev–Trinajstić information content (AvgIpc) is 3.04. The molecule has 0 saturated carbocycles. The number of aromatic amines is 1. The van der Waals surface area contributed by atoms with E-state index in [4.69, 9.17) is 0 Å². The number of benzene rings is 2. The molecule has 2 heterocycles. The van der Waals surface area contributed by atoms with Gasteiger partial charge in [0.2, 0.25) is 5.43 Å². The molecule has 1 N–H and O–H groups in total. The van der Waals surface area contributed by atoms with E-state index in [0.717, 1.165) is 11.4 Å². The number of pyridine rings is 1. The Hall–Kier alpha value is -3.47. The van der Waals surface area contributed by atoms with Crippen molar-refractivity contribution in [2.45, 2.75) is 20.4 Å². The van der Waals surface area contributed by atoms with Crippen molar-refractivity contribution < 1.29 is 4.79 Å². The minimum absolute atomic E-state index is 0.148. The summed E-state index contributed by atoms with van der Waals surface area (Å²) in [6.07, 6.45) is 0. The van der Waals surface area contributed by atoms with Gasteiger partial charge in [0.1, 0.15) is 11.3 Å². The van der Waals surface area contributed by atoms with E-state index in [0.29, 0.717) is 29.0 Å². The maximum atomic E-state index is 13.4. The first-order valence-corrected chi connectivity index (χ1v) is 8.90. The molecule has 0 atom stereocenters. The second kappa shape index (κ2) is 6.68. The largest absolute Gasteiger partial charge is 0.337 e. The Kier molecular flexibility index (Phi) is 4.20. The Morgan fingerprint density at radius 1 is 1.04 bits per heavy atom. The molecule has 4 aromatic rings. The highest BCUT2D eigenvalue weighted by atomic mass is 16.1. The molecule has 5 nitrogen and oxygen atoms in total. The van der Waals surface area contributed by atoms with E-state index >= 15 is 0 Å². The maximum absolute atomic E-state index is 13.4. The number of imidazole rings is 1. The molecule has 134 valence electrons. The smallest absolute Gasteiger partial charge is 0.219 e. The molecule has 0 aliphatic heterocycles. The van der Waals surface area contributed by atoms with Gasteiger partial charge in [0.05, 0.1) is 11.3 Å². The minimum atomic E-state index is -0.293. The van der Waals surface area contributed by atoms with Crippen molar-refractivity contribution >= 4 is 16.9 Å². The van der Waals surface area contributed by atoms with Crippen LogP contribution >= 0.6 is 0 Å². The second-order valence-corrected chi connectivity index (χ2v) is 6.37. The fourth-order valence-electron chi connectivity index (χ4n) is 3.45. The highest BCUT2D eigenvalue weighted by molar-refractivity contribution is 6.13. The summed E-state index contributed by atoms with van der Waals surface area (Å²) in [5.74, 6) is 0.447. The summed E-state index contributed by atoms with van der Waals surface area (Å²) in [5.41, 5.74) is 2.56. The van der Waals surface area contributed by atoms with Crippen LogP contribution in [0, 0.1) is 6.92 Å². The lowest BCUT2D eigenvalue weighted by Crippen LogP contribution is -2.21. The summed E-state index contributed by atoms with van der Waals surface area (Å²) < 4.78 is 1.84. The van der Waals surface area contributed by atoms with Crippen molar-refractivity contribution in [2.24, 2.45) is 0 Å². The van der Waals surface area contributed by atoms with Gasteiger partial charge in [-0.15, -0.1) is 0 Å². The van der Waals surface area contributed by atoms with E-state index in [-0.39, 0.29) is 16.8 Å². The molecule has 0 saturated heterocycles. The number of hydrogen-bond donors (Lipinski definition) is 1. The van der Waals surface area contributed by atoms with Gasteiger partial charge in [-0.3, -0.25) is 9.59 Å². The molecular weight excluding hydrogens is 338 g/mol. The Morgan fingerprint density at radius 2 is 1.67 bits per heavy atom. The minimum Gasteiger partial charge on any atom is -0.337 e.